The topological polar surface area (TPSA) is 33.1 Å². The van der Waals surface area contributed by atoms with Crippen molar-refractivity contribution in [3.05, 3.63) is 51.0 Å². The predicted molar refractivity (Wildman–Crippen MR) is 76.2 cm³/mol. The zero-order chi connectivity index (χ0) is 13.0. The highest BCUT2D eigenvalue weighted by Crippen LogP contribution is 2.20. The van der Waals surface area contributed by atoms with E-state index in [4.69, 9.17) is 5.11 Å². The Kier molecular flexibility index (Phi) is 4.50. The Bertz CT molecular complexity index is 519. The van der Waals surface area contributed by atoms with Crippen LogP contribution in [-0.4, -0.2) is 16.7 Å². The van der Waals surface area contributed by atoms with Crippen LogP contribution < -0.4 is 0 Å². The lowest BCUT2D eigenvalue weighted by Gasteiger charge is -2.03. The number of hydrogen-bond donors (Lipinski definition) is 1. The van der Waals surface area contributed by atoms with Gasteiger partial charge in [0.25, 0.3) is 0 Å². The Morgan fingerprint density at radius 3 is 2.61 bits per heavy atom. The van der Waals surface area contributed by atoms with Gasteiger partial charge in [-0.25, -0.2) is 4.98 Å². The van der Waals surface area contributed by atoms with Crippen molar-refractivity contribution in [3.8, 4) is 0 Å². The lowest BCUT2D eigenvalue weighted by Crippen LogP contribution is -1.93. The first-order valence-corrected chi connectivity index (χ1v) is 7.13. The molecule has 0 unspecified atom stereocenters. The van der Waals surface area contributed by atoms with Gasteiger partial charge in [0.05, 0.1) is 10.7 Å². The van der Waals surface area contributed by atoms with E-state index < -0.39 is 0 Å². The van der Waals surface area contributed by atoms with Gasteiger partial charge >= 0.3 is 0 Å². The monoisotopic (exact) mass is 261 g/mol. The summed E-state index contributed by atoms with van der Waals surface area (Å²) in [6, 6.07) is 8.50. The third-order valence-corrected chi connectivity index (χ3v) is 4.42. The molecule has 0 bridgehead atoms. The minimum atomic E-state index is 0.209. The molecule has 0 aliphatic rings. The van der Waals surface area contributed by atoms with Crippen LogP contribution in [0.3, 0.4) is 0 Å². The molecule has 0 fully saturated rings. The summed E-state index contributed by atoms with van der Waals surface area (Å²) in [4.78, 5) is 5.80. The van der Waals surface area contributed by atoms with Crippen LogP contribution in [-0.2, 0) is 19.3 Å². The summed E-state index contributed by atoms with van der Waals surface area (Å²) in [5.74, 6) is 0. The average Bonchev–Trinajstić information content (AvgIpc) is 2.70. The van der Waals surface area contributed by atoms with E-state index >= 15 is 0 Å². The number of aliphatic hydroxyl groups excluding tert-OH is 1. The smallest absolute Gasteiger partial charge is 0.0934 e. The molecule has 2 nitrogen and oxygen atoms in total. The Balaban J connectivity index is 2.02. The zero-order valence-electron chi connectivity index (χ0n) is 10.9. The largest absolute Gasteiger partial charge is 0.396 e. The van der Waals surface area contributed by atoms with Crippen molar-refractivity contribution >= 4 is 11.3 Å². The second kappa shape index (κ2) is 6.12. The Morgan fingerprint density at radius 2 is 1.89 bits per heavy atom. The van der Waals surface area contributed by atoms with Gasteiger partial charge in [-0.15, -0.1) is 11.3 Å². The maximum Gasteiger partial charge on any atom is 0.0934 e. The van der Waals surface area contributed by atoms with Gasteiger partial charge in [0, 0.05) is 24.3 Å². The van der Waals surface area contributed by atoms with E-state index in [2.05, 4.69) is 36.2 Å². The molecule has 1 aromatic heterocycles. The van der Waals surface area contributed by atoms with Crippen LogP contribution in [0.1, 0.15) is 26.7 Å². The van der Waals surface area contributed by atoms with Crippen molar-refractivity contribution in [2.45, 2.75) is 33.1 Å². The molecule has 2 rings (SSSR count). The first-order valence-electron chi connectivity index (χ1n) is 6.31. The van der Waals surface area contributed by atoms with Crippen molar-refractivity contribution < 1.29 is 5.11 Å². The molecule has 0 amide bonds. The van der Waals surface area contributed by atoms with Gasteiger partial charge in [-0.1, -0.05) is 24.3 Å². The Labute approximate surface area is 112 Å². The second-order valence-electron chi connectivity index (χ2n) is 4.52. The molecule has 2 aromatic rings. The fourth-order valence-corrected chi connectivity index (χ4v) is 3.12. The van der Waals surface area contributed by atoms with E-state index in [-0.39, 0.29) is 6.61 Å². The average molecular weight is 261 g/mol. The summed E-state index contributed by atoms with van der Waals surface area (Å²) in [7, 11) is 0. The molecule has 3 heteroatoms. The number of thiazole rings is 1. The number of aromatic nitrogens is 1. The van der Waals surface area contributed by atoms with Gasteiger partial charge in [-0.2, -0.15) is 0 Å². The van der Waals surface area contributed by atoms with Gasteiger partial charge in [0.1, 0.15) is 0 Å². The standard InChI is InChI=1S/C15H19NOS/c1-11-5-3-4-6-13(11)7-8-15-16-12(2)14(18-15)9-10-17/h3-6,17H,7-10H2,1-2H3. The van der Waals surface area contributed by atoms with Crippen LogP contribution in [0.4, 0.5) is 0 Å². The van der Waals surface area contributed by atoms with Crippen LogP contribution >= 0.6 is 11.3 Å². The van der Waals surface area contributed by atoms with Crippen LogP contribution in [0.5, 0.6) is 0 Å². The van der Waals surface area contributed by atoms with E-state index in [9.17, 15) is 0 Å². The molecule has 0 aliphatic carbocycles. The van der Waals surface area contributed by atoms with Gasteiger partial charge in [0.15, 0.2) is 0 Å². The van der Waals surface area contributed by atoms with Gasteiger partial charge in [-0.3, -0.25) is 0 Å². The van der Waals surface area contributed by atoms with Crippen molar-refractivity contribution in [1.82, 2.24) is 4.98 Å². The summed E-state index contributed by atoms with van der Waals surface area (Å²) >= 11 is 1.74. The van der Waals surface area contributed by atoms with E-state index in [1.807, 2.05) is 6.92 Å². The van der Waals surface area contributed by atoms with E-state index in [0.29, 0.717) is 0 Å². The summed E-state index contributed by atoms with van der Waals surface area (Å²) in [6.07, 6.45) is 2.76. The molecule has 0 saturated carbocycles. The van der Waals surface area contributed by atoms with E-state index in [1.165, 1.54) is 21.0 Å². The molecule has 1 aromatic carbocycles. The minimum absolute atomic E-state index is 0.209. The molecule has 0 aliphatic heterocycles. The van der Waals surface area contributed by atoms with Crippen molar-refractivity contribution in [2.75, 3.05) is 6.61 Å². The summed E-state index contributed by atoms with van der Waals surface area (Å²) < 4.78 is 0. The van der Waals surface area contributed by atoms with Crippen LogP contribution in [0.25, 0.3) is 0 Å². The summed E-state index contributed by atoms with van der Waals surface area (Å²) in [6.45, 7) is 4.39. The SMILES string of the molecule is Cc1ccccc1CCc1nc(C)c(CCO)s1. The normalized spacial score (nSPS) is 10.8. The molecule has 0 atom stereocenters. The number of rotatable bonds is 5. The van der Waals surface area contributed by atoms with Crippen LogP contribution in [0.2, 0.25) is 0 Å². The van der Waals surface area contributed by atoms with E-state index in [0.717, 1.165) is 25.0 Å². The zero-order valence-corrected chi connectivity index (χ0v) is 11.8. The van der Waals surface area contributed by atoms with Crippen LogP contribution in [0, 0.1) is 13.8 Å². The first-order chi connectivity index (χ1) is 8.70. The minimum Gasteiger partial charge on any atom is -0.396 e. The van der Waals surface area contributed by atoms with E-state index in [1.54, 1.807) is 11.3 Å². The lowest BCUT2D eigenvalue weighted by atomic mass is 10.0. The van der Waals surface area contributed by atoms with Gasteiger partial charge in [-0.05, 0) is 31.4 Å². The molecule has 1 heterocycles. The number of nitrogens with zero attached hydrogens (tertiary/aromatic N) is 1. The molecule has 1 N–H and O–H groups in total. The molecular weight excluding hydrogens is 242 g/mol. The first kappa shape index (κ1) is 13.2. The number of benzene rings is 1. The highest BCUT2D eigenvalue weighted by atomic mass is 32.1. The quantitative estimate of drug-likeness (QED) is 0.897. The number of aliphatic hydroxyl groups is 1. The summed E-state index contributed by atoms with van der Waals surface area (Å²) in [5.41, 5.74) is 3.82. The molecule has 96 valence electrons. The fraction of sp³-hybridized carbons (Fsp3) is 0.400. The molecule has 0 spiro atoms. The predicted octanol–water partition coefficient (Wildman–Crippen LogP) is 3.08. The van der Waals surface area contributed by atoms with Crippen LogP contribution in [0.15, 0.2) is 24.3 Å². The molecule has 0 saturated heterocycles. The van der Waals surface area contributed by atoms with Crippen molar-refractivity contribution in [3.63, 3.8) is 0 Å². The highest BCUT2D eigenvalue weighted by molar-refractivity contribution is 7.11. The Hall–Kier alpha value is -1.19. The molecular formula is C15H19NOS. The maximum atomic E-state index is 8.98. The molecule has 0 radical (unpaired) electrons. The Morgan fingerprint density at radius 1 is 1.11 bits per heavy atom. The third kappa shape index (κ3) is 3.18. The second-order valence-corrected chi connectivity index (χ2v) is 5.68. The third-order valence-electron chi connectivity index (χ3n) is 3.15. The van der Waals surface area contributed by atoms with Gasteiger partial charge < -0.3 is 5.11 Å². The molecule has 18 heavy (non-hydrogen) atoms. The number of hydrogen-bond acceptors (Lipinski definition) is 3. The number of aryl methyl sites for hydroxylation is 4. The van der Waals surface area contributed by atoms with Gasteiger partial charge in [0.2, 0.25) is 0 Å². The lowest BCUT2D eigenvalue weighted by molar-refractivity contribution is 0.300. The summed E-state index contributed by atoms with van der Waals surface area (Å²) in [5, 5.41) is 10.2. The maximum absolute atomic E-state index is 8.98. The van der Waals surface area contributed by atoms with Crippen molar-refractivity contribution in [2.24, 2.45) is 0 Å². The van der Waals surface area contributed by atoms with Crippen molar-refractivity contribution in [1.29, 1.82) is 0 Å². The highest BCUT2D eigenvalue weighted by Gasteiger charge is 2.07. The fourth-order valence-electron chi connectivity index (χ4n) is 2.06.